The number of nitrogen functional groups attached to an aromatic ring is 1. The smallest absolute Gasteiger partial charge is 0.280 e. The highest BCUT2D eigenvalue weighted by molar-refractivity contribution is 6.30. The molecule has 0 aliphatic heterocycles. The Bertz CT molecular complexity index is 973. The van der Waals surface area contributed by atoms with Gasteiger partial charge in [-0.25, -0.2) is 4.68 Å². The standard InChI is InChI=1S/C18H18ClN5O3/c1-26-13-6-7-14(15(9-13)27-2)21-18(25)16-17(20)24(23-22-16)10-11-4-3-5-12(19)8-11/h3-9H,10,20H2,1-2H3,(H,21,25). The van der Waals surface area contributed by atoms with Crippen LogP contribution in [-0.4, -0.2) is 35.1 Å². The first-order valence-corrected chi connectivity index (χ1v) is 8.36. The van der Waals surface area contributed by atoms with E-state index in [2.05, 4.69) is 15.6 Å². The Kier molecular flexibility index (Phi) is 5.46. The van der Waals surface area contributed by atoms with Crippen LogP contribution < -0.4 is 20.5 Å². The molecule has 0 aliphatic carbocycles. The third kappa shape index (κ3) is 4.12. The van der Waals surface area contributed by atoms with Crippen LogP contribution in [0.15, 0.2) is 42.5 Å². The predicted octanol–water partition coefficient (Wildman–Crippen LogP) is 2.83. The van der Waals surface area contributed by atoms with Crippen LogP contribution in [0.3, 0.4) is 0 Å². The fourth-order valence-corrected chi connectivity index (χ4v) is 2.70. The van der Waals surface area contributed by atoms with Gasteiger partial charge in [-0.15, -0.1) is 5.10 Å². The molecule has 1 amide bonds. The quantitative estimate of drug-likeness (QED) is 0.674. The van der Waals surface area contributed by atoms with Crippen molar-refractivity contribution < 1.29 is 14.3 Å². The predicted molar refractivity (Wildman–Crippen MR) is 102 cm³/mol. The van der Waals surface area contributed by atoms with Gasteiger partial charge in [0.05, 0.1) is 26.5 Å². The number of carbonyl (C=O) groups is 1. The number of hydrogen-bond donors (Lipinski definition) is 2. The Balaban J connectivity index is 1.79. The van der Waals surface area contributed by atoms with Gasteiger partial charge in [0.1, 0.15) is 11.5 Å². The molecule has 0 saturated carbocycles. The van der Waals surface area contributed by atoms with Crippen LogP contribution >= 0.6 is 11.6 Å². The van der Waals surface area contributed by atoms with Crippen molar-refractivity contribution in [3.63, 3.8) is 0 Å². The van der Waals surface area contributed by atoms with E-state index in [4.69, 9.17) is 26.8 Å². The zero-order valence-electron chi connectivity index (χ0n) is 14.8. The van der Waals surface area contributed by atoms with E-state index in [1.54, 1.807) is 37.4 Å². The van der Waals surface area contributed by atoms with Crippen LogP contribution in [0.2, 0.25) is 5.02 Å². The zero-order valence-corrected chi connectivity index (χ0v) is 15.5. The Labute approximate surface area is 160 Å². The molecule has 0 saturated heterocycles. The maximum absolute atomic E-state index is 12.6. The normalized spacial score (nSPS) is 10.5. The highest BCUT2D eigenvalue weighted by atomic mass is 35.5. The molecule has 140 valence electrons. The first kappa shape index (κ1) is 18.5. The average molecular weight is 388 g/mol. The number of carbonyl (C=O) groups excluding carboxylic acids is 1. The van der Waals surface area contributed by atoms with Gasteiger partial charge in [-0.2, -0.15) is 0 Å². The van der Waals surface area contributed by atoms with E-state index in [1.807, 2.05) is 12.1 Å². The summed E-state index contributed by atoms with van der Waals surface area (Å²) >= 11 is 5.99. The van der Waals surface area contributed by atoms with Crippen molar-refractivity contribution in [2.45, 2.75) is 6.54 Å². The second-order valence-electron chi connectivity index (χ2n) is 5.63. The van der Waals surface area contributed by atoms with Crippen molar-refractivity contribution in [1.82, 2.24) is 15.0 Å². The van der Waals surface area contributed by atoms with Gasteiger partial charge in [-0.1, -0.05) is 28.9 Å². The summed E-state index contributed by atoms with van der Waals surface area (Å²) < 4.78 is 11.8. The minimum absolute atomic E-state index is 0.0231. The average Bonchev–Trinajstić information content (AvgIpc) is 3.02. The van der Waals surface area contributed by atoms with Gasteiger partial charge < -0.3 is 20.5 Å². The van der Waals surface area contributed by atoms with Gasteiger partial charge >= 0.3 is 0 Å². The molecule has 2 aromatic carbocycles. The first-order chi connectivity index (χ1) is 13.0. The Morgan fingerprint density at radius 3 is 2.74 bits per heavy atom. The van der Waals surface area contributed by atoms with Gasteiger partial charge in [0.25, 0.3) is 5.91 Å². The molecule has 0 bridgehead atoms. The van der Waals surface area contributed by atoms with E-state index in [1.165, 1.54) is 11.8 Å². The summed E-state index contributed by atoms with van der Waals surface area (Å²) in [5.74, 6) is 0.720. The molecular weight excluding hydrogens is 370 g/mol. The fourth-order valence-electron chi connectivity index (χ4n) is 2.49. The van der Waals surface area contributed by atoms with E-state index in [0.717, 1.165) is 5.56 Å². The lowest BCUT2D eigenvalue weighted by molar-refractivity contribution is 0.102. The number of hydrogen-bond acceptors (Lipinski definition) is 6. The SMILES string of the molecule is COc1ccc(NC(=O)c2nnn(Cc3cccc(Cl)c3)c2N)c(OC)c1. The molecule has 27 heavy (non-hydrogen) atoms. The van der Waals surface area contributed by atoms with Crippen molar-refractivity contribution in [3.05, 3.63) is 58.7 Å². The molecule has 0 spiro atoms. The summed E-state index contributed by atoms with van der Waals surface area (Å²) in [6, 6.07) is 12.3. The summed E-state index contributed by atoms with van der Waals surface area (Å²) in [5.41, 5.74) is 7.43. The molecule has 0 radical (unpaired) electrons. The van der Waals surface area contributed by atoms with Crippen LogP contribution in [0.5, 0.6) is 11.5 Å². The molecule has 0 fully saturated rings. The highest BCUT2D eigenvalue weighted by Crippen LogP contribution is 2.29. The number of aromatic nitrogens is 3. The molecular formula is C18H18ClN5O3. The number of nitrogens with two attached hydrogens (primary N) is 1. The van der Waals surface area contributed by atoms with Crippen LogP contribution in [0.1, 0.15) is 16.1 Å². The summed E-state index contributed by atoms with van der Waals surface area (Å²) in [4.78, 5) is 12.6. The van der Waals surface area contributed by atoms with Gasteiger partial charge in [-0.05, 0) is 29.8 Å². The van der Waals surface area contributed by atoms with E-state index < -0.39 is 5.91 Å². The molecule has 8 nitrogen and oxygen atoms in total. The summed E-state index contributed by atoms with van der Waals surface area (Å²) in [6.45, 7) is 0.346. The maximum Gasteiger partial charge on any atom is 0.280 e. The second-order valence-corrected chi connectivity index (χ2v) is 6.07. The lowest BCUT2D eigenvalue weighted by Crippen LogP contribution is -2.16. The summed E-state index contributed by atoms with van der Waals surface area (Å²) in [7, 11) is 3.05. The number of ether oxygens (including phenoxy) is 2. The monoisotopic (exact) mass is 387 g/mol. The van der Waals surface area contributed by atoms with Crippen LogP contribution in [0.25, 0.3) is 0 Å². The Morgan fingerprint density at radius 1 is 1.22 bits per heavy atom. The Morgan fingerprint density at radius 2 is 2.04 bits per heavy atom. The lowest BCUT2D eigenvalue weighted by atomic mass is 10.2. The number of nitrogens with zero attached hydrogens (tertiary/aromatic N) is 3. The van der Waals surface area contributed by atoms with Crippen molar-refractivity contribution in [2.24, 2.45) is 0 Å². The number of anilines is 2. The molecule has 0 unspecified atom stereocenters. The van der Waals surface area contributed by atoms with Crippen molar-refractivity contribution in [3.8, 4) is 11.5 Å². The van der Waals surface area contributed by atoms with E-state index in [9.17, 15) is 4.79 Å². The van der Waals surface area contributed by atoms with E-state index >= 15 is 0 Å². The van der Waals surface area contributed by atoms with Crippen LogP contribution in [0.4, 0.5) is 11.5 Å². The number of amides is 1. The lowest BCUT2D eigenvalue weighted by Gasteiger charge is -2.11. The van der Waals surface area contributed by atoms with Crippen molar-refractivity contribution in [2.75, 3.05) is 25.3 Å². The summed E-state index contributed by atoms with van der Waals surface area (Å²) in [5, 5.41) is 11.2. The van der Waals surface area contributed by atoms with Crippen LogP contribution in [-0.2, 0) is 6.54 Å². The molecule has 0 aliphatic rings. The minimum atomic E-state index is -0.492. The molecule has 1 aromatic heterocycles. The molecule has 3 N–H and O–H groups in total. The number of nitrogens with one attached hydrogen (secondary N) is 1. The second kappa shape index (κ2) is 7.96. The van der Waals surface area contributed by atoms with Gasteiger partial charge in [0, 0.05) is 11.1 Å². The summed E-state index contributed by atoms with van der Waals surface area (Å²) in [6.07, 6.45) is 0. The van der Waals surface area contributed by atoms with E-state index in [0.29, 0.717) is 28.8 Å². The fraction of sp³-hybridized carbons (Fsp3) is 0.167. The number of rotatable bonds is 6. The van der Waals surface area contributed by atoms with Crippen LogP contribution in [0, 0.1) is 0 Å². The molecule has 3 rings (SSSR count). The molecule has 9 heteroatoms. The minimum Gasteiger partial charge on any atom is -0.497 e. The number of methoxy groups -OCH3 is 2. The number of benzene rings is 2. The van der Waals surface area contributed by atoms with Gasteiger partial charge in [0.15, 0.2) is 11.5 Å². The van der Waals surface area contributed by atoms with Crippen molar-refractivity contribution >= 4 is 29.0 Å². The zero-order chi connectivity index (χ0) is 19.4. The topological polar surface area (TPSA) is 104 Å². The third-order valence-electron chi connectivity index (χ3n) is 3.87. The van der Waals surface area contributed by atoms with Crippen molar-refractivity contribution in [1.29, 1.82) is 0 Å². The molecule has 1 heterocycles. The maximum atomic E-state index is 12.6. The highest BCUT2D eigenvalue weighted by Gasteiger charge is 2.19. The first-order valence-electron chi connectivity index (χ1n) is 7.98. The van der Waals surface area contributed by atoms with Gasteiger partial charge in [-0.3, -0.25) is 4.79 Å². The molecule has 0 atom stereocenters. The third-order valence-corrected chi connectivity index (χ3v) is 4.10. The Hall–Kier alpha value is -3.26. The van der Waals surface area contributed by atoms with Gasteiger partial charge in [0.2, 0.25) is 0 Å². The number of halogens is 1. The largest absolute Gasteiger partial charge is 0.497 e. The molecule has 3 aromatic rings. The van der Waals surface area contributed by atoms with E-state index in [-0.39, 0.29) is 11.5 Å².